The fraction of sp³-hybridized carbons (Fsp3) is 0.400. The predicted molar refractivity (Wildman–Crippen MR) is 71.2 cm³/mol. The van der Waals surface area contributed by atoms with Crippen LogP contribution >= 0.6 is 0 Å². The van der Waals surface area contributed by atoms with E-state index in [-0.39, 0.29) is 0 Å². The van der Waals surface area contributed by atoms with Gasteiger partial charge >= 0.3 is 0 Å². The zero-order chi connectivity index (χ0) is 11.7. The Morgan fingerprint density at radius 3 is 2.94 bits per heavy atom. The summed E-state index contributed by atoms with van der Waals surface area (Å²) < 4.78 is 0. The molecule has 1 saturated heterocycles. The van der Waals surface area contributed by atoms with Gasteiger partial charge in [0.25, 0.3) is 0 Å². The summed E-state index contributed by atoms with van der Waals surface area (Å²) >= 11 is 0. The van der Waals surface area contributed by atoms with Crippen LogP contribution in [0.5, 0.6) is 0 Å². The zero-order valence-electron chi connectivity index (χ0n) is 10.2. The highest BCUT2D eigenvalue weighted by Gasteiger charge is 2.20. The van der Waals surface area contributed by atoms with Crippen molar-refractivity contribution in [2.75, 3.05) is 6.54 Å². The van der Waals surface area contributed by atoms with Gasteiger partial charge in [-0.25, -0.2) is 0 Å². The molecule has 2 heterocycles. The van der Waals surface area contributed by atoms with Crippen molar-refractivity contribution < 1.29 is 0 Å². The van der Waals surface area contributed by atoms with Crippen LogP contribution in [0.25, 0.3) is 10.9 Å². The lowest BCUT2D eigenvalue weighted by Crippen LogP contribution is -2.35. The average molecular weight is 226 g/mol. The molecule has 0 amide bonds. The second-order valence-electron chi connectivity index (χ2n) is 5.01. The molecule has 0 unspecified atom stereocenters. The van der Waals surface area contributed by atoms with E-state index in [0.717, 1.165) is 12.1 Å². The summed E-state index contributed by atoms with van der Waals surface area (Å²) in [5.74, 6) is 0.621. The number of piperidine rings is 1. The number of benzene rings is 1. The molecule has 0 radical (unpaired) electrons. The molecule has 2 aromatic rings. The number of pyridine rings is 1. The van der Waals surface area contributed by atoms with Crippen LogP contribution < -0.4 is 5.32 Å². The molecule has 2 heteroatoms. The number of nitrogens with one attached hydrogen (secondary N) is 1. The van der Waals surface area contributed by atoms with E-state index in [4.69, 9.17) is 4.98 Å². The molecule has 0 aliphatic carbocycles. The van der Waals surface area contributed by atoms with E-state index in [1.165, 1.54) is 23.9 Å². The zero-order valence-corrected chi connectivity index (χ0v) is 10.2. The van der Waals surface area contributed by atoms with Gasteiger partial charge in [-0.1, -0.05) is 24.3 Å². The Balaban J connectivity index is 1.94. The lowest BCUT2D eigenvalue weighted by molar-refractivity contribution is 0.377. The number of para-hydroxylation sites is 1. The van der Waals surface area contributed by atoms with E-state index in [9.17, 15) is 0 Å². The third-order valence-corrected chi connectivity index (χ3v) is 3.66. The molecule has 88 valence electrons. The monoisotopic (exact) mass is 226 g/mol. The van der Waals surface area contributed by atoms with Gasteiger partial charge in [0.15, 0.2) is 0 Å². The number of rotatable bonds is 1. The third kappa shape index (κ3) is 2.18. The highest BCUT2D eigenvalue weighted by atomic mass is 14.9. The molecule has 1 aliphatic rings. The second-order valence-corrected chi connectivity index (χ2v) is 5.01. The van der Waals surface area contributed by atoms with Crippen molar-refractivity contribution in [2.24, 2.45) is 0 Å². The molecule has 0 spiro atoms. The number of nitrogens with zero attached hydrogens (tertiary/aromatic N) is 1. The van der Waals surface area contributed by atoms with E-state index < -0.39 is 0 Å². The molecule has 1 fully saturated rings. The summed E-state index contributed by atoms with van der Waals surface area (Å²) in [6.45, 7) is 3.37. The Morgan fingerprint density at radius 2 is 2.06 bits per heavy atom. The Hall–Kier alpha value is -1.41. The van der Waals surface area contributed by atoms with Gasteiger partial charge in [0.2, 0.25) is 0 Å². The standard InChI is InChI=1S/C15H18N2/c1-11-10-13(8-9-16-11)15-7-6-12-4-2-3-5-14(12)17-15/h2-7,11,13,16H,8-10H2,1H3/t11-,13+/m1/s1. The van der Waals surface area contributed by atoms with Crippen molar-refractivity contribution in [3.63, 3.8) is 0 Å². The molecule has 1 N–H and O–H groups in total. The molecule has 0 saturated carbocycles. The van der Waals surface area contributed by atoms with Crippen LogP contribution in [0.4, 0.5) is 0 Å². The number of hydrogen-bond acceptors (Lipinski definition) is 2. The largest absolute Gasteiger partial charge is 0.314 e. The first-order chi connectivity index (χ1) is 8.33. The van der Waals surface area contributed by atoms with Crippen LogP contribution in [0.3, 0.4) is 0 Å². The van der Waals surface area contributed by atoms with E-state index >= 15 is 0 Å². The Morgan fingerprint density at radius 1 is 1.18 bits per heavy atom. The van der Waals surface area contributed by atoms with Crippen LogP contribution in [0.15, 0.2) is 36.4 Å². The van der Waals surface area contributed by atoms with Crippen LogP contribution in [0.1, 0.15) is 31.4 Å². The Bertz CT molecular complexity index is 521. The Kier molecular flexibility index (Phi) is 2.81. The lowest BCUT2D eigenvalue weighted by atomic mass is 9.90. The van der Waals surface area contributed by atoms with Gasteiger partial charge in [-0.05, 0) is 38.4 Å². The summed E-state index contributed by atoms with van der Waals surface area (Å²) in [4.78, 5) is 4.81. The van der Waals surface area contributed by atoms with Crippen LogP contribution in [0, 0.1) is 0 Å². The maximum atomic E-state index is 4.81. The van der Waals surface area contributed by atoms with Gasteiger partial charge in [-0.15, -0.1) is 0 Å². The minimum absolute atomic E-state index is 0.613. The van der Waals surface area contributed by atoms with Crippen molar-refractivity contribution >= 4 is 10.9 Å². The van der Waals surface area contributed by atoms with Gasteiger partial charge in [-0.2, -0.15) is 0 Å². The molecule has 1 aliphatic heterocycles. The van der Waals surface area contributed by atoms with Gasteiger partial charge in [0.1, 0.15) is 0 Å². The summed E-state index contributed by atoms with van der Waals surface area (Å²) in [5, 5.41) is 4.73. The fourth-order valence-corrected chi connectivity index (χ4v) is 2.71. The number of fused-ring (bicyclic) bond motifs is 1. The molecule has 2 nitrogen and oxygen atoms in total. The van der Waals surface area contributed by atoms with E-state index in [1.54, 1.807) is 0 Å². The smallest absolute Gasteiger partial charge is 0.0705 e. The quantitative estimate of drug-likeness (QED) is 0.808. The first-order valence-corrected chi connectivity index (χ1v) is 6.42. The molecule has 3 rings (SSSR count). The summed E-state index contributed by atoms with van der Waals surface area (Å²) in [6.07, 6.45) is 2.40. The first kappa shape index (κ1) is 10.7. The maximum Gasteiger partial charge on any atom is 0.0705 e. The highest BCUT2D eigenvalue weighted by molar-refractivity contribution is 5.78. The van der Waals surface area contributed by atoms with Gasteiger partial charge in [-0.3, -0.25) is 4.98 Å². The van der Waals surface area contributed by atoms with Crippen molar-refractivity contribution in [3.8, 4) is 0 Å². The van der Waals surface area contributed by atoms with Crippen LogP contribution in [-0.2, 0) is 0 Å². The summed E-state index contributed by atoms with van der Waals surface area (Å²) in [6, 6.07) is 13.4. The molecular formula is C15H18N2. The van der Waals surface area contributed by atoms with Crippen LogP contribution in [0.2, 0.25) is 0 Å². The van der Waals surface area contributed by atoms with Crippen molar-refractivity contribution in [2.45, 2.75) is 31.7 Å². The molecule has 2 atom stereocenters. The lowest BCUT2D eigenvalue weighted by Gasteiger charge is -2.27. The average Bonchev–Trinajstić information content (AvgIpc) is 2.38. The fourth-order valence-electron chi connectivity index (χ4n) is 2.71. The van der Waals surface area contributed by atoms with Crippen LogP contribution in [-0.4, -0.2) is 17.6 Å². The van der Waals surface area contributed by atoms with E-state index in [1.807, 2.05) is 0 Å². The minimum Gasteiger partial charge on any atom is -0.314 e. The van der Waals surface area contributed by atoms with E-state index in [0.29, 0.717) is 12.0 Å². The number of aromatic nitrogens is 1. The minimum atomic E-state index is 0.613. The van der Waals surface area contributed by atoms with Crippen molar-refractivity contribution in [1.29, 1.82) is 0 Å². The second kappa shape index (κ2) is 4.46. The summed E-state index contributed by atoms with van der Waals surface area (Å²) in [7, 11) is 0. The van der Waals surface area contributed by atoms with Gasteiger partial charge < -0.3 is 5.32 Å². The van der Waals surface area contributed by atoms with Crippen molar-refractivity contribution in [1.82, 2.24) is 10.3 Å². The van der Waals surface area contributed by atoms with Gasteiger partial charge in [0, 0.05) is 23.0 Å². The number of hydrogen-bond donors (Lipinski definition) is 1. The molecular weight excluding hydrogens is 208 g/mol. The molecule has 0 bridgehead atoms. The van der Waals surface area contributed by atoms with Crippen molar-refractivity contribution in [3.05, 3.63) is 42.1 Å². The third-order valence-electron chi connectivity index (χ3n) is 3.66. The molecule has 17 heavy (non-hydrogen) atoms. The molecule has 1 aromatic carbocycles. The Labute approximate surface area is 102 Å². The normalized spacial score (nSPS) is 25.0. The van der Waals surface area contributed by atoms with Gasteiger partial charge in [0.05, 0.1) is 5.52 Å². The summed E-state index contributed by atoms with van der Waals surface area (Å²) in [5.41, 5.74) is 2.38. The SMILES string of the molecule is C[C@@H]1C[C@@H](c2ccc3ccccc3n2)CCN1. The predicted octanol–water partition coefficient (Wildman–Crippen LogP) is 3.09. The highest BCUT2D eigenvalue weighted by Crippen LogP contribution is 2.27. The molecule has 1 aromatic heterocycles. The van der Waals surface area contributed by atoms with E-state index in [2.05, 4.69) is 48.6 Å². The maximum absolute atomic E-state index is 4.81. The topological polar surface area (TPSA) is 24.9 Å². The first-order valence-electron chi connectivity index (χ1n) is 6.42.